The minimum atomic E-state index is 0.824. The first-order valence-corrected chi connectivity index (χ1v) is 7.25. The van der Waals surface area contributed by atoms with E-state index in [4.69, 9.17) is 0 Å². The number of nitrogens with one attached hydrogen (secondary N) is 1. The topological polar surface area (TPSA) is 12.0 Å². The molecule has 4 atom stereocenters. The van der Waals surface area contributed by atoms with E-state index in [1.165, 1.54) is 37.2 Å². The Hall–Kier alpha value is 0.310. The number of hydrogen-bond acceptors (Lipinski definition) is 2. The maximum Gasteiger partial charge on any atom is 0.0168 e. The van der Waals surface area contributed by atoms with Crippen molar-refractivity contribution in [3.05, 3.63) is 0 Å². The van der Waals surface area contributed by atoms with Gasteiger partial charge in [-0.05, 0) is 43.3 Å². The largest absolute Gasteiger partial charge is 0.310 e. The first-order chi connectivity index (χ1) is 6.75. The smallest absolute Gasteiger partial charge is 0.0168 e. The third kappa shape index (κ3) is 2.66. The van der Waals surface area contributed by atoms with Crippen molar-refractivity contribution in [2.75, 3.05) is 11.5 Å². The average molecular weight is 213 g/mol. The second-order valence-electron chi connectivity index (χ2n) is 5.19. The lowest BCUT2D eigenvalue weighted by molar-refractivity contribution is 0.218. The molecule has 0 amide bonds. The van der Waals surface area contributed by atoms with Crippen LogP contribution in [-0.2, 0) is 0 Å². The molecule has 0 aromatic rings. The molecule has 2 rings (SSSR count). The molecule has 82 valence electrons. The summed E-state index contributed by atoms with van der Waals surface area (Å²) in [6.07, 6.45) is 5.64. The fourth-order valence-electron chi connectivity index (χ4n) is 2.70. The van der Waals surface area contributed by atoms with Crippen LogP contribution in [0.25, 0.3) is 0 Å². The van der Waals surface area contributed by atoms with E-state index in [-0.39, 0.29) is 0 Å². The van der Waals surface area contributed by atoms with Crippen LogP contribution in [0.3, 0.4) is 0 Å². The summed E-state index contributed by atoms with van der Waals surface area (Å²) in [7, 11) is 0. The summed E-state index contributed by atoms with van der Waals surface area (Å²) in [5.74, 6) is 4.60. The number of rotatable bonds is 2. The normalized spacial score (nSPS) is 44.1. The van der Waals surface area contributed by atoms with Gasteiger partial charge in [0.1, 0.15) is 0 Å². The van der Waals surface area contributed by atoms with Gasteiger partial charge in [0, 0.05) is 17.8 Å². The average Bonchev–Trinajstić information content (AvgIpc) is 2.64. The molecule has 2 heteroatoms. The SMILES string of the molecule is CC1CCC(NC2CCSC2)CC1C. The fraction of sp³-hybridized carbons (Fsp3) is 1.00. The van der Waals surface area contributed by atoms with Crippen LogP contribution in [0, 0.1) is 11.8 Å². The van der Waals surface area contributed by atoms with Crippen LogP contribution in [0.2, 0.25) is 0 Å². The van der Waals surface area contributed by atoms with E-state index in [1.807, 2.05) is 0 Å². The Labute approximate surface area is 92.4 Å². The van der Waals surface area contributed by atoms with Crippen LogP contribution in [0.15, 0.2) is 0 Å². The summed E-state index contributed by atoms with van der Waals surface area (Å²) < 4.78 is 0. The molecule has 1 nitrogen and oxygen atoms in total. The molecule has 1 aliphatic carbocycles. The zero-order valence-corrected chi connectivity index (χ0v) is 10.3. The van der Waals surface area contributed by atoms with Crippen molar-refractivity contribution in [1.29, 1.82) is 0 Å². The van der Waals surface area contributed by atoms with E-state index in [2.05, 4.69) is 30.9 Å². The Morgan fingerprint density at radius 1 is 1.00 bits per heavy atom. The first-order valence-electron chi connectivity index (χ1n) is 6.09. The molecule has 2 aliphatic rings. The molecule has 1 aliphatic heterocycles. The lowest BCUT2D eigenvalue weighted by Gasteiger charge is -2.34. The first kappa shape index (κ1) is 10.8. The van der Waals surface area contributed by atoms with Gasteiger partial charge in [0.2, 0.25) is 0 Å². The molecule has 0 aromatic carbocycles. The summed E-state index contributed by atoms with van der Waals surface area (Å²) in [5.41, 5.74) is 0. The molecule has 1 heterocycles. The summed E-state index contributed by atoms with van der Waals surface area (Å²) in [6, 6.07) is 1.65. The van der Waals surface area contributed by atoms with Crippen molar-refractivity contribution in [2.24, 2.45) is 11.8 Å². The lowest BCUT2D eigenvalue weighted by atomic mass is 9.79. The zero-order chi connectivity index (χ0) is 9.97. The Morgan fingerprint density at radius 3 is 2.50 bits per heavy atom. The molecule has 2 fully saturated rings. The predicted molar refractivity (Wildman–Crippen MR) is 64.8 cm³/mol. The quantitative estimate of drug-likeness (QED) is 0.757. The summed E-state index contributed by atoms with van der Waals surface area (Å²) >= 11 is 2.11. The second kappa shape index (κ2) is 4.89. The van der Waals surface area contributed by atoms with Crippen LogP contribution in [0.1, 0.15) is 39.5 Å². The van der Waals surface area contributed by atoms with Crippen LogP contribution in [0.4, 0.5) is 0 Å². The van der Waals surface area contributed by atoms with Crippen LogP contribution in [0.5, 0.6) is 0 Å². The lowest BCUT2D eigenvalue weighted by Crippen LogP contribution is -2.42. The van der Waals surface area contributed by atoms with E-state index < -0.39 is 0 Å². The maximum absolute atomic E-state index is 3.85. The molecule has 0 aromatic heterocycles. The molecular weight excluding hydrogens is 190 g/mol. The molecule has 4 unspecified atom stereocenters. The standard InChI is InChI=1S/C12H23NS/c1-9-3-4-11(7-10(9)2)13-12-5-6-14-8-12/h9-13H,3-8H2,1-2H3. The van der Waals surface area contributed by atoms with Gasteiger partial charge in [-0.25, -0.2) is 0 Å². The molecule has 14 heavy (non-hydrogen) atoms. The van der Waals surface area contributed by atoms with Crippen molar-refractivity contribution in [3.63, 3.8) is 0 Å². The third-order valence-electron chi connectivity index (χ3n) is 4.00. The maximum atomic E-state index is 3.85. The van der Waals surface area contributed by atoms with E-state index in [1.54, 1.807) is 0 Å². The Morgan fingerprint density at radius 2 is 1.86 bits per heavy atom. The van der Waals surface area contributed by atoms with Crippen molar-refractivity contribution in [3.8, 4) is 0 Å². The van der Waals surface area contributed by atoms with Gasteiger partial charge in [0.15, 0.2) is 0 Å². The van der Waals surface area contributed by atoms with Crippen molar-refractivity contribution < 1.29 is 0 Å². The minimum absolute atomic E-state index is 0.824. The van der Waals surface area contributed by atoms with E-state index in [9.17, 15) is 0 Å². The van der Waals surface area contributed by atoms with Crippen molar-refractivity contribution in [2.45, 2.75) is 51.6 Å². The Balaban J connectivity index is 1.75. The van der Waals surface area contributed by atoms with Gasteiger partial charge in [-0.3, -0.25) is 0 Å². The molecule has 0 radical (unpaired) electrons. The van der Waals surface area contributed by atoms with Gasteiger partial charge in [0.25, 0.3) is 0 Å². The van der Waals surface area contributed by atoms with Gasteiger partial charge in [-0.15, -0.1) is 0 Å². The highest BCUT2D eigenvalue weighted by molar-refractivity contribution is 7.99. The van der Waals surface area contributed by atoms with E-state index in [0.29, 0.717) is 0 Å². The van der Waals surface area contributed by atoms with E-state index >= 15 is 0 Å². The Kier molecular flexibility index (Phi) is 3.78. The van der Waals surface area contributed by atoms with Gasteiger partial charge in [-0.1, -0.05) is 13.8 Å². The van der Waals surface area contributed by atoms with Gasteiger partial charge in [-0.2, -0.15) is 11.8 Å². The number of thioether (sulfide) groups is 1. The van der Waals surface area contributed by atoms with E-state index in [0.717, 1.165) is 23.9 Å². The predicted octanol–water partition coefficient (Wildman–Crippen LogP) is 2.91. The zero-order valence-electron chi connectivity index (χ0n) is 9.46. The Bertz CT molecular complexity index is 177. The second-order valence-corrected chi connectivity index (χ2v) is 6.34. The highest BCUT2D eigenvalue weighted by atomic mass is 32.2. The van der Waals surface area contributed by atoms with Gasteiger partial charge >= 0.3 is 0 Å². The molecule has 0 bridgehead atoms. The highest BCUT2D eigenvalue weighted by Crippen LogP contribution is 2.30. The van der Waals surface area contributed by atoms with Crippen LogP contribution < -0.4 is 5.32 Å². The monoisotopic (exact) mass is 213 g/mol. The molecule has 1 saturated carbocycles. The fourth-order valence-corrected chi connectivity index (χ4v) is 3.86. The summed E-state index contributed by atoms with van der Waals surface area (Å²) in [4.78, 5) is 0. The third-order valence-corrected chi connectivity index (χ3v) is 5.16. The molecular formula is C12H23NS. The summed E-state index contributed by atoms with van der Waals surface area (Å²) in [5, 5.41) is 3.85. The molecule has 1 N–H and O–H groups in total. The van der Waals surface area contributed by atoms with Crippen LogP contribution >= 0.6 is 11.8 Å². The van der Waals surface area contributed by atoms with Gasteiger partial charge in [0.05, 0.1) is 0 Å². The summed E-state index contributed by atoms with van der Waals surface area (Å²) in [6.45, 7) is 4.83. The number of hydrogen-bond donors (Lipinski definition) is 1. The molecule has 0 spiro atoms. The van der Waals surface area contributed by atoms with Crippen LogP contribution in [-0.4, -0.2) is 23.6 Å². The minimum Gasteiger partial charge on any atom is -0.310 e. The van der Waals surface area contributed by atoms with Crippen molar-refractivity contribution >= 4 is 11.8 Å². The van der Waals surface area contributed by atoms with Crippen molar-refractivity contribution in [1.82, 2.24) is 5.32 Å². The van der Waals surface area contributed by atoms with Gasteiger partial charge < -0.3 is 5.32 Å². The highest BCUT2D eigenvalue weighted by Gasteiger charge is 2.26. The molecule has 1 saturated heterocycles.